The maximum atomic E-state index is 12.5. The number of fused-ring (bicyclic) bond motifs is 5. The molecule has 0 N–H and O–H groups in total. The maximum Gasteiger partial charge on any atom is 0.415 e. The van der Waals surface area contributed by atoms with Crippen LogP contribution in [0.1, 0.15) is 56.1 Å². The van der Waals surface area contributed by atoms with Crippen molar-refractivity contribution in [1.29, 1.82) is 0 Å². The Kier molecular flexibility index (Phi) is 6.13. The van der Waals surface area contributed by atoms with Gasteiger partial charge in [-0.1, -0.05) is 13.0 Å². The van der Waals surface area contributed by atoms with E-state index in [-0.39, 0.29) is 5.41 Å². The molecule has 29 heavy (non-hydrogen) atoms. The second-order valence-corrected chi connectivity index (χ2v) is 9.68. The summed E-state index contributed by atoms with van der Waals surface area (Å²) in [4.78, 5) is 26.4. The molecule has 1 aromatic carbocycles. The number of carbonyl (C=O) groups excluding carboxylic acids is 2. The molecule has 4 rings (SSSR count). The first-order valence-corrected chi connectivity index (χ1v) is 11.8. The van der Waals surface area contributed by atoms with Crippen molar-refractivity contribution in [3.63, 3.8) is 0 Å². The van der Waals surface area contributed by atoms with Crippen molar-refractivity contribution in [2.24, 2.45) is 17.3 Å². The van der Waals surface area contributed by atoms with Gasteiger partial charge in [0.1, 0.15) is 11.5 Å². The Bertz CT molecular complexity index is 792. The number of carbonyl (C=O) groups is 2. The van der Waals surface area contributed by atoms with Crippen LogP contribution in [-0.2, 0) is 11.2 Å². The first-order valence-electron chi connectivity index (χ1n) is 10.7. The third-order valence-corrected chi connectivity index (χ3v) is 7.92. The summed E-state index contributed by atoms with van der Waals surface area (Å²) in [6, 6.07) is 6.07. The fourth-order valence-corrected chi connectivity index (χ4v) is 6.47. The van der Waals surface area contributed by atoms with Crippen LogP contribution < -0.4 is 4.74 Å². The molecule has 1 unspecified atom stereocenters. The summed E-state index contributed by atoms with van der Waals surface area (Å²) in [7, 11) is 0. The SMILES string of the molecule is CC12CC[C@@H]3c4ccc(OC(=O)N(CCCl)CCCl)cc4CC[C@H]3[C@@H]1CCC2=O. The Morgan fingerprint density at radius 3 is 2.66 bits per heavy atom. The monoisotopic (exact) mass is 437 g/mol. The summed E-state index contributed by atoms with van der Waals surface area (Å²) in [5.74, 6) is 3.41. The number of Topliss-reactive ketones (excluding diaryl/α,β-unsaturated/α-hetero) is 1. The molecule has 3 aliphatic carbocycles. The molecule has 0 aromatic heterocycles. The largest absolute Gasteiger partial charge is 0.415 e. The van der Waals surface area contributed by atoms with Crippen LogP contribution in [0.2, 0.25) is 0 Å². The molecule has 1 aromatic rings. The van der Waals surface area contributed by atoms with Crippen LogP contribution in [0.15, 0.2) is 18.2 Å². The molecule has 1 amide bonds. The van der Waals surface area contributed by atoms with Crippen molar-refractivity contribution in [2.75, 3.05) is 24.8 Å². The molecule has 0 spiro atoms. The van der Waals surface area contributed by atoms with Gasteiger partial charge in [0.2, 0.25) is 0 Å². The quantitative estimate of drug-likeness (QED) is 0.579. The van der Waals surface area contributed by atoms with Gasteiger partial charge >= 0.3 is 6.09 Å². The van der Waals surface area contributed by atoms with Gasteiger partial charge in [-0.25, -0.2) is 4.79 Å². The first-order chi connectivity index (χ1) is 14.0. The summed E-state index contributed by atoms with van der Waals surface area (Å²) in [5, 5.41) is 0. The highest BCUT2D eigenvalue weighted by atomic mass is 35.5. The Hall–Kier alpha value is -1.26. The number of alkyl halides is 2. The van der Waals surface area contributed by atoms with E-state index in [4.69, 9.17) is 27.9 Å². The third kappa shape index (κ3) is 3.79. The highest BCUT2D eigenvalue weighted by Gasteiger charge is 2.54. The van der Waals surface area contributed by atoms with E-state index in [1.54, 1.807) is 0 Å². The Labute approximate surface area is 182 Å². The van der Waals surface area contributed by atoms with Crippen molar-refractivity contribution in [3.8, 4) is 5.75 Å². The first kappa shape index (κ1) is 21.0. The molecule has 3 aliphatic rings. The average molecular weight is 438 g/mol. The molecule has 4 nitrogen and oxygen atoms in total. The van der Waals surface area contributed by atoms with Gasteiger partial charge in [-0.05, 0) is 73.1 Å². The number of aryl methyl sites for hydroxylation is 1. The lowest BCUT2D eigenvalue weighted by Crippen LogP contribution is -2.42. The van der Waals surface area contributed by atoms with Gasteiger partial charge in [0.05, 0.1) is 0 Å². The summed E-state index contributed by atoms with van der Waals surface area (Å²) in [6.45, 7) is 3.04. The van der Waals surface area contributed by atoms with Gasteiger partial charge < -0.3 is 9.64 Å². The molecule has 0 aliphatic heterocycles. The minimum absolute atomic E-state index is 0.0948. The van der Waals surface area contributed by atoms with E-state index in [0.717, 1.165) is 38.5 Å². The zero-order chi connectivity index (χ0) is 20.6. The van der Waals surface area contributed by atoms with Gasteiger partial charge in [-0.3, -0.25) is 4.79 Å². The molecule has 0 heterocycles. The summed E-state index contributed by atoms with van der Waals surface area (Å²) >= 11 is 11.6. The van der Waals surface area contributed by atoms with Crippen LogP contribution in [0.4, 0.5) is 4.79 Å². The second kappa shape index (κ2) is 8.47. The fourth-order valence-electron chi connectivity index (χ4n) is 6.06. The fraction of sp³-hybridized carbons (Fsp3) is 0.652. The van der Waals surface area contributed by atoms with Crippen LogP contribution in [0.5, 0.6) is 5.75 Å². The molecule has 2 saturated carbocycles. The second-order valence-electron chi connectivity index (χ2n) is 8.93. The van der Waals surface area contributed by atoms with E-state index in [1.807, 2.05) is 12.1 Å². The number of hydrogen-bond donors (Lipinski definition) is 0. The predicted octanol–water partition coefficient (Wildman–Crippen LogP) is 5.39. The summed E-state index contributed by atoms with van der Waals surface area (Å²) in [5.41, 5.74) is 2.58. The molecule has 6 heteroatoms. The molecule has 158 valence electrons. The van der Waals surface area contributed by atoms with Gasteiger partial charge in [0, 0.05) is 36.7 Å². The Morgan fingerprint density at radius 1 is 1.17 bits per heavy atom. The van der Waals surface area contributed by atoms with E-state index in [9.17, 15) is 9.59 Å². The van der Waals surface area contributed by atoms with Crippen molar-refractivity contribution in [2.45, 2.75) is 51.4 Å². The number of ketones is 1. The predicted molar refractivity (Wildman–Crippen MR) is 115 cm³/mol. The summed E-state index contributed by atoms with van der Waals surface area (Å²) < 4.78 is 5.61. The van der Waals surface area contributed by atoms with E-state index < -0.39 is 6.09 Å². The average Bonchev–Trinajstić information content (AvgIpc) is 3.02. The van der Waals surface area contributed by atoms with Crippen LogP contribution in [-0.4, -0.2) is 41.6 Å². The molecule has 0 radical (unpaired) electrons. The smallest absolute Gasteiger partial charge is 0.410 e. The highest BCUT2D eigenvalue weighted by Crippen LogP contribution is 2.59. The number of halogens is 2. The van der Waals surface area contributed by atoms with E-state index >= 15 is 0 Å². The molecule has 0 bridgehead atoms. The van der Waals surface area contributed by atoms with Gasteiger partial charge in [0.15, 0.2) is 0 Å². The Morgan fingerprint density at radius 2 is 1.93 bits per heavy atom. The van der Waals surface area contributed by atoms with Crippen molar-refractivity contribution in [3.05, 3.63) is 29.3 Å². The van der Waals surface area contributed by atoms with Crippen molar-refractivity contribution >= 4 is 35.1 Å². The molecular weight excluding hydrogens is 409 g/mol. The van der Waals surface area contributed by atoms with Crippen molar-refractivity contribution < 1.29 is 14.3 Å². The van der Waals surface area contributed by atoms with Crippen LogP contribution >= 0.6 is 23.2 Å². The third-order valence-electron chi connectivity index (χ3n) is 7.58. The number of amides is 1. The van der Waals surface area contributed by atoms with E-state index in [0.29, 0.717) is 54.1 Å². The number of benzene rings is 1. The summed E-state index contributed by atoms with van der Waals surface area (Å²) in [6.07, 6.45) is 5.58. The molecule has 0 saturated heterocycles. The lowest BCUT2D eigenvalue weighted by Gasteiger charge is -2.48. The zero-order valence-corrected chi connectivity index (χ0v) is 18.5. The number of hydrogen-bond acceptors (Lipinski definition) is 3. The molecular formula is C23H29Cl2NO3. The number of ether oxygens (including phenoxy) is 1. The number of nitrogens with zero attached hydrogens (tertiary/aromatic N) is 1. The Balaban J connectivity index is 1.50. The van der Waals surface area contributed by atoms with Gasteiger partial charge in [-0.2, -0.15) is 0 Å². The van der Waals surface area contributed by atoms with Crippen molar-refractivity contribution in [1.82, 2.24) is 4.90 Å². The van der Waals surface area contributed by atoms with Gasteiger partial charge in [-0.15, -0.1) is 23.2 Å². The molecule has 4 atom stereocenters. The van der Waals surface area contributed by atoms with E-state index in [2.05, 4.69) is 13.0 Å². The molecule has 2 fully saturated rings. The lowest BCUT2D eigenvalue weighted by atomic mass is 9.55. The lowest BCUT2D eigenvalue weighted by molar-refractivity contribution is -0.129. The van der Waals surface area contributed by atoms with Crippen LogP contribution in [0.25, 0.3) is 0 Å². The van der Waals surface area contributed by atoms with E-state index in [1.165, 1.54) is 16.0 Å². The van der Waals surface area contributed by atoms with Gasteiger partial charge in [0.25, 0.3) is 0 Å². The van der Waals surface area contributed by atoms with Crippen LogP contribution in [0.3, 0.4) is 0 Å². The highest BCUT2D eigenvalue weighted by molar-refractivity contribution is 6.18. The normalized spacial score (nSPS) is 30.3. The minimum atomic E-state index is -0.405. The zero-order valence-electron chi connectivity index (χ0n) is 17.0. The number of rotatable bonds is 5. The minimum Gasteiger partial charge on any atom is -0.410 e. The maximum absolute atomic E-state index is 12.5. The topological polar surface area (TPSA) is 46.6 Å². The standard InChI is InChI=1S/C23H29Cl2NO3/c1-23-9-8-18-17-5-3-16(29-22(28)26(12-10-24)13-11-25)14-15(17)2-4-19(18)20(23)6-7-21(23)27/h3,5,14,18-20H,2,4,6-13H2,1H3/t18-,19-,20+,23?/m1/s1. The van der Waals surface area contributed by atoms with Crippen LogP contribution in [0, 0.1) is 17.3 Å².